The number of carbonyl (C=O) groups excluding carboxylic acids is 3. The summed E-state index contributed by atoms with van der Waals surface area (Å²) in [7, 11) is 0. The highest BCUT2D eigenvalue weighted by atomic mass is 16.5. The van der Waals surface area contributed by atoms with E-state index in [1.54, 1.807) is 4.90 Å². The van der Waals surface area contributed by atoms with E-state index in [2.05, 4.69) is 5.32 Å². The number of hydrogen-bond donors (Lipinski definition) is 1. The third-order valence-electron chi connectivity index (χ3n) is 4.47. The van der Waals surface area contributed by atoms with Crippen LogP contribution in [0.2, 0.25) is 0 Å². The molecule has 1 fully saturated rings. The quantitative estimate of drug-likeness (QED) is 0.757. The van der Waals surface area contributed by atoms with Crippen LogP contribution in [0.25, 0.3) is 0 Å². The predicted octanol–water partition coefficient (Wildman–Crippen LogP) is 2.31. The van der Waals surface area contributed by atoms with Gasteiger partial charge >= 0.3 is 5.97 Å². The first-order valence-corrected chi connectivity index (χ1v) is 9.30. The maximum Gasteiger partial charge on any atom is 0.307 e. The van der Waals surface area contributed by atoms with E-state index in [4.69, 9.17) is 4.74 Å². The van der Waals surface area contributed by atoms with Crippen molar-refractivity contribution in [2.24, 2.45) is 5.92 Å². The van der Waals surface area contributed by atoms with Crippen molar-refractivity contribution in [3.8, 4) is 0 Å². The molecule has 1 saturated heterocycles. The fourth-order valence-electron chi connectivity index (χ4n) is 2.97. The summed E-state index contributed by atoms with van der Waals surface area (Å²) >= 11 is 0. The molecule has 0 saturated carbocycles. The number of hydrogen-bond acceptors (Lipinski definition) is 4. The summed E-state index contributed by atoms with van der Waals surface area (Å²) in [6.07, 6.45) is 2.51. The lowest BCUT2D eigenvalue weighted by Crippen LogP contribution is -2.45. The minimum atomic E-state index is -0.299. The molecule has 1 aromatic rings. The van der Waals surface area contributed by atoms with Crippen LogP contribution in [0.5, 0.6) is 0 Å². The van der Waals surface area contributed by atoms with Gasteiger partial charge in [-0.3, -0.25) is 14.4 Å². The smallest absolute Gasteiger partial charge is 0.307 e. The van der Waals surface area contributed by atoms with Crippen molar-refractivity contribution in [1.82, 2.24) is 10.2 Å². The van der Waals surface area contributed by atoms with Gasteiger partial charge in [0.2, 0.25) is 5.91 Å². The molecule has 1 atom stereocenters. The number of esters is 1. The zero-order valence-electron chi connectivity index (χ0n) is 15.6. The number of ether oxygens (including phenoxy) is 1. The van der Waals surface area contributed by atoms with E-state index in [0.29, 0.717) is 25.3 Å². The molecule has 6 heteroatoms. The van der Waals surface area contributed by atoms with Crippen LogP contribution in [0.3, 0.4) is 0 Å². The molecule has 0 spiro atoms. The Labute approximate surface area is 154 Å². The van der Waals surface area contributed by atoms with E-state index < -0.39 is 0 Å². The number of aryl methyl sites for hydroxylation is 1. The van der Waals surface area contributed by atoms with Crippen molar-refractivity contribution < 1.29 is 19.1 Å². The second kappa shape index (κ2) is 9.94. The van der Waals surface area contributed by atoms with E-state index in [0.717, 1.165) is 24.8 Å². The fourth-order valence-corrected chi connectivity index (χ4v) is 2.97. The molecule has 2 amide bonds. The van der Waals surface area contributed by atoms with Crippen molar-refractivity contribution in [2.75, 3.05) is 26.2 Å². The number of amides is 2. The Balaban J connectivity index is 1.81. The normalized spacial score (nSPS) is 16.8. The standard InChI is InChI=1S/C20H28N2O4/c1-3-13-26-18(23)10-11-21-19(24)17-5-4-12-22(14-17)20(25)16-8-6-15(2)7-9-16/h6-9,17H,3-5,10-14H2,1-2H3,(H,21,24). The monoisotopic (exact) mass is 360 g/mol. The molecule has 0 bridgehead atoms. The van der Waals surface area contributed by atoms with E-state index in [-0.39, 0.29) is 36.7 Å². The third kappa shape index (κ3) is 5.86. The average molecular weight is 360 g/mol. The minimum Gasteiger partial charge on any atom is -0.466 e. The lowest BCUT2D eigenvalue weighted by molar-refractivity contribution is -0.143. The molecule has 142 valence electrons. The molecular formula is C20H28N2O4. The summed E-state index contributed by atoms with van der Waals surface area (Å²) in [5, 5.41) is 2.79. The molecule has 26 heavy (non-hydrogen) atoms. The van der Waals surface area contributed by atoms with Gasteiger partial charge in [-0.25, -0.2) is 0 Å². The van der Waals surface area contributed by atoms with Crippen LogP contribution in [-0.4, -0.2) is 48.9 Å². The number of piperidine rings is 1. The zero-order chi connectivity index (χ0) is 18.9. The van der Waals surface area contributed by atoms with Crippen LogP contribution in [-0.2, 0) is 14.3 Å². The Morgan fingerprint density at radius 1 is 1.23 bits per heavy atom. The lowest BCUT2D eigenvalue weighted by atomic mass is 9.96. The summed E-state index contributed by atoms with van der Waals surface area (Å²) in [6.45, 7) is 5.67. The molecule has 2 rings (SSSR count). The van der Waals surface area contributed by atoms with Crippen molar-refractivity contribution >= 4 is 17.8 Å². The van der Waals surface area contributed by atoms with E-state index >= 15 is 0 Å². The van der Waals surface area contributed by atoms with Gasteiger partial charge in [0, 0.05) is 25.2 Å². The van der Waals surface area contributed by atoms with E-state index in [1.165, 1.54) is 0 Å². The number of nitrogens with one attached hydrogen (secondary N) is 1. The highest BCUT2D eigenvalue weighted by Crippen LogP contribution is 2.19. The minimum absolute atomic E-state index is 0.0364. The molecule has 1 unspecified atom stereocenters. The average Bonchev–Trinajstić information content (AvgIpc) is 2.66. The van der Waals surface area contributed by atoms with Crippen LogP contribution < -0.4 is 5.32 Å². The third-order valence-corrected chi connectivity index (χ3v) is 4.47. The van der Waals surface area contributed by atoms with Gasteiger partial charge in [0.15, 0.2) is 0 Å². The Kier molecular flexibility index (Phi) is 7.63. The van der Waals surface area contributed by atoms with Gasteiger partial charge in [-0.1, -0.05) is 24.6 Å². The summed E-state index contributed by atoms with van der Waals surface area (Å²) in [6, 6.07) is 7.48. The number of rotatable bonds is 7. The Bertz CT molecular complexity index is 627. The molecule has 1 heterocycles. The van der Waals surface area contributed by atoms with Gasteiger partial charge < -0.3 is 15.0 Å². The topological polar surface area (TPSA) is 75.7 Å². The molecule has 0 aliphatic carbocycles. The lowest BCUT2D eigenvalue weighted by Gasteiger charge is -2.32. The maximum atomic E-state index is 12.6. The van der Waals surface area contributed by atoms with Crippen molar-refractivity contribution in [3.05, 3.63) is 35.4 Å². The first-order valence-electron chi connectivity index (χ1n) is 9.30. The second-order valence-electron chi connectivity index (χ2n) is 6.72. The van der Waals surface area contributed by atoms with Gasteiger partial charge in [-0.15, -0.1) is 0 Å². The van der Waals surface area contributed by atoms with E-state index in [9.17, 15) is 14.4 Å². The van der Waals surface area contributed by atoms with Crippen molar-refractivity contribution in [1.29, 1.82) is 0 Å². The Morgan fingerprint density at radius 2 is 1.96 bits per heavy atom. The number of carbonyl (C=O) groups is 3. The van der Waals surface area contributed by atoms with E-state index in [1.807, 2.05) is 38.1 Å². The highest BCUT2D eigenvalue weighted by Gasteiger charge is 2.28. The van der Waals surface area contributed by atoms with Crippen molar-refractivity contribution in [3.63, 3.8) is 0 Å². The first-order chi connectivity index (χ1) is 12.5. The van der Waals surface area contributed by atoms with Gasteiger partial charge in [0.1, 0.15) is 0 Å². The molecule has 1 aliphatic rings. The van der Waals surface area contributed by atoms with Crippen LogP contribution in [0.4, 0.5) is 0 Å². The number of nitrogens with zero attached hydrogens (tertiary/aromatic N) is 1. The van der Waals surface area contributed by atoms with Gasteiger partial charge in [0.25, 0.3) is 5.91 Å². The molecule has 1 aromatic carbocycles. The largest absolute Gasteiger partial charge is 0.466 e. The van der Waals surface area contributed by atoms with Gasteiger partial charge in [0.05, 0.1) is 18.9 Å². The van der Waals surface area contributed by atoms with Crippen LogP contribution >= 0.6 is 0 Å². The van der Waals surface area contributed by atoms with Gasteiger partial charge in [-0.2, -0.15) is 0 Å². The highest BCUT2D eigenvalue weighted by molar-refractivity contribution is 5.94. The Morgan fingerprint density at radius 3 is 2.65 bits per heavy atom. The first kappa shape index (κ1) is 19.9. The summed E-state index contributed by atoms with van der Waals surface area (Å²) in [5.41, 5.74) is 1.75. The zero-order valence-corrected chi connectivity index (χ0v) is 15.6. The van der Waals surface area contributed by atoms with Crippen molar-refractivity contribution in [2.45, 2.75) is 39.5 Å². The fraction of sp³-hybridized carbons (Fsp3) is 0.550. The van der Waals surface area contributed by atoms with Crippen LogP contribution in [0.15, 0.2) is 24.3 Å². The molecule has 0 radical (unpaired) electrons. The number of benzene rings is 1. The predicted molar refractivity (Wildman–Crippen MR) is 98.7 cm³/mol. The van der Waals surface area contributed by atoms with Crippen LogP contribution in [0, 0.1) is 12.8 Å². The Hall–Kier alpha value is -2.37. The molecule has 6 nitrogen and oxygen atoms in total. The summed E-state index contributed by atoms with van der Waals surface area (Å²) < 4.78 is 4.98. The molecule has 1 aliphatic heterocycles. The van der Waals surface area contributed by atoms with Crippen LogP contribution in [0.1, 0.15) is 48.5 Å². The molecule has 0 aromatic heterocycles. The SMILES string of the molecule is CCCOC(=O)CCNC(=O)C1CCCN(C(=O)c2ccc(C)cc2)C1. The summed E-state index contributed by atoms with van der Waals surface area (Å²) in [4.78, 5) is 38.2. The number of likely N-dealkylation sites (tertiary alicyclic amines) is 1. The molecular weight excluding hydrogens is 332 g/mol. The van der Waals surface area contributed by atoms with Gasteiger partial charge in [-0.05, 0) is 38.3 Å². The second-order valence-corrected chi connectivity index (χ2v) is 6.72. The summed E-state index contributed by atoms with van der Waals surface area (Å²) in [5.74, 6) is -0.669. The molecule has 1 N–H and O–H groups in total. The maximum absolute atomic E-state index is 12.6.